The zero-order valence-corrected chi connectivity index (χ0v) is 13.6. The molecule has 1 fully saturated rings. The molecule has 1 saturated heterocycles. The van der Waals surface area contributed by atoms with Crippen molar-refractivity contribution in [1.82, 2.24) is 10.2 Å². The van der Waals surface area contributed by atoms with Gasteiger partial charge < -0.3 is 10.1 Å². The molecule has 1 aliphatic rings. The number of benzene rings is 2. The van der Waals surface area contributed by atoms with Crippen molar-refractivity contribution in [3.05, 3.63) is 42.5 Å². The van der Waals surface area contributed by atoms with Crippen molar-refractivity contribution >= 4 is 16.7 Å². The molecule has 0 saturated carbocycles. The largest absolute Gasteiger partial charge is 0.484 e. The van der Waals surface area contributed by atoms with Gasteiger partial charge in [-0.1, -0.05) is 37.3 Å². The van der Waals surface area contributed by atoms with Gasteiger partial charge in [0.05, 0.1) is 0 Å². The van der Waals surface area contributed by atoms with E-state index in [1.807, 2.05) is 36.4 Å². The Balaban J connectivity index is 1.48. The minimum Gasteiger partial charge on any atom is -0.484 e. The normalized spacial score (nSPS) is 18.2. The van der Waals surface area contributed by atoms with Crippen molar-refractivity contribution in [2.75, 3.05) is 26.2 Å². The fourth-order valence-corrected chi connectivity index (χ4v) is 3.23. The molecular formula is C19H24N2O2. The molecular weight excluding hydrogens is 288 g/mol. The fourth-order valence-electron chi connectivity index (χ4n) is 3.23. The van der Waals surface area contributed by atoms with Crippen molar-refractivity contribution in [3.63, 3.8) is 0 Å². The summed E-state index contributed by atoms with van der Waals surface area (Å²) in [4.78, 5) is 14.4. The average Bonchev–Trinajstić information content (AvgIpc) is 3.05. The Hall–Kier alpha value is -2.07. The molecule has 2 aromatic carbocycles. The lowest BCUT2D eigenvalue weighted by Crippen LogP contribution is -2.41. The summed E-state index contributed by atoms with van der Waals surface area (Å²) in [6, 6.07) is 14.5. The maximum atomic E-state index is 12.0. The van der Waals surface area contributed by atoms with E-state index in [-0.39, 0.29) is 12.5 Å². The van der Waals surface area contributed by atoms with E-state index in [1.54, 1.807) is 0 Å². The Labute approximate surface area is 137 Å². The highest BCUT2D eigenvalue weighted by Gasteiger charge is 2.23. The number of nitrogens with zero attached hydrogens (tertiary/aromatic N) is 1. The maximum Gasteiger partial charge on any atom is 0.257 e. The molecule has 0 radical (unpaired) electrons. The van der Waals surface area contributed by atoms with Crippen LogP contribution >= 0.6 is 0 Å². The number of likely N-dealkylation sites (N-methyl/N-ethyl adjacent to an activating group) is 1. The molecule has 0 aromatic heterocycles. The quantitative estimate of drug-likeness (QED) is 0.892. The van der Waals surface area contributed by atoms with Crippen LogP contribution in [0.5, 0.6) is 5.75 Å². The van der Waals surface area contributed by atoms with Gasteiger partial charge in [0.15, 0.2) is 6.61 Å². The van der Waals surface area contributed by atoms with Gasteiger partial charge in [-0.05, 0) is 48.8 Å². The van der Waals surface area contributed by atoms with E-state index in [2.05, 4.69) is 23.2 Å². The zero-order valence-electron chi connectivity index (χ0n) is 13.6. The molecule has 1 amide bonds. The lowest BCUT2D eigenvalue weighted by atomic mass is 10.1. The third kappa shape index (κ3) is 4.02. The molecule has 0 aliphatic carbocycles. The van der Waals surface area contributed by atoms with Crippen LogP contribution in [0.2, 0.25) is 0 Å². The number of hydrogen-bond acceptors (Lipinski definition) is 3. The summed E-state index contributed by atoms with van der Waals surface area (Å²) in [6.07, 6.45) is 2.39. The number of amides is 1. The van der Waals surface area contributed by atoms with Crippen LogP contribution in [-0.4, -0.2) is 43.1 Å². The van der Waals surface area contributed by atoms with E-state index in [9.17, 15) is 4.79 Å². The maximum absolute atomic E-state index is 12.0. The molecule has 1 aliphatic heterocycles. The standard InChI is InChI=1S/C19H24N2O2/c1-2-21-11-5-8-17(21)13-20-19(22)14-23-18-10-9-15-6-3-4-7-16(15)12-18/h3-4,6-7,9-10,12,17H,2,5,8,11,13-14H2,1H3,(H,20,22). The van der Waals surface area contributed by atoms with E-state index in [4.69, 9.17) is 4.74 Å². The van der Waals surface area contributed by atoms with Crippen LogP contribution in [-0.2, 0) is 4.79 Å². The van der Waals surface area contributed by atoms with Gasteiger partial charge in [-0.25, -0.2) is 0 Å². The summed E-state index contributed by atoms with van der Waals surface area (Å²) >= 11 is 0. The number of carbonyl (C=O) groups excluding carboxylic acids is 1. The molecule has 1 N–H and O–H groups in total. The second kappa shape index (κ2) is 7.47. The molecule has 4 heteroatoms. The molecule has 0 bridgehead atoms. The number of nitrogens with one attached hydrogen (secondary N) is 1. The minimum absolute atomic E-state index is 0.0545. The SMILES string of the molecule is CCN1CCCC1CNC(=O)COc1ccc2ccccc2c1. The summed E-state index contributed by atoms with van der Waals surface area (Å²) in [6.45, 7) is 5.15. The summed E-state index contributed by atoms with van der Waals surface area (Å²) in [5.74, 6) is 0.677. The van der Waals surface area contributed by atoms with Crippen molar-refractivity contribution in [2.45, 2.75) is 25.8 Å². The fraction of sp³-hybridized carbons (Fsp3) is 0.421. The highest BCUT2D eigenvalue weighted by molar-refractivity contribution is 5.84. The first-order valence-corrected chi connectivity index (χ1v) is 8.38. The Morgan fingerprint density at radius 3 is 2.91 bits per heavy atom. The molecule has 2 aromatic rings. The van der Waals surface area contributed by atoms with Crippen LogP contribution in [0.25, 0.3) is 10.8 Å². The second-order valence-electron chi connectivity index (χ2n) is 6.03. The van der Waals surface area contributed by atoms with Gasteiger partial charge in [-0.3, -0.25) is 9.69 Å². The Bertz CT molecular complexity index is 671. The Morgan fingerprint density at radius 2 is 2.09 bits per heavy atom. The molecule has 1 unspecified atom stereocenters. The van der Waals surface area contributed by atoms with Gasteiger partial charge in [0.25, 0.3) is 5.91 Å². The Morgan fingerprint density at radius 1 is 1.26 bits per heavy atom. The van der Waals surface area contributed by atoms with Crippen LogP contribution in [0.15, 0.2) is 42.5 Å². The third-order valence-electron chi connectivity index (χ3n) is 4.53. The number of ether oxygens (including phenoxy) is 1. The van der Waals surface area contributed by atoms with Gasteiger partial charge in [0, 0.05) is 12.6 Å². The summed E-state index contributed by atoms with van der Waals surface area (Å²) in [5.41, 5.74) is 0. The minimum atomic E-state index is -0.0545. The first-order chi connectivity index (χ1) is 11.3. The predicted octanol–water partition coefficient (Wildman–Crippen LogP) is 2.82. The highest BCUT2D eigenvalue weighted by Crippen LogP contribution is 2.20. The van der Waals surface area contributed by atoms with Crippen molar-refractivity contribution < 1.29 is 9.53 Å². The smallest absolute Gasteiger partial charge is 0.257 e. The van der Waals surface area contributed by atoms with Gasteiger partial charge in [-0.2, -0.15) is 0 Å². The first-order valence-electron chi connectivity index (χ1n) is 8.38. The first kappa shape index (κ1) is 15.8. The second-order valence-corrected chi connectivity index (χ2v) is 6.03. The molecule has 122 valence electrons. The van der Waals surface area contributed by atoms with Crippen molar-refractivity contribution in [1.29, 1.82) is 0 Å². The average molecular weight is 312 g/mol. The van der Waals surface area contributed by atoms with Gasteiger partial charge in [-0.15, -0.1) is 0 Å². The third-order valence-corrected chi connectivity index (χ3v) is 4.53. The lowest BCUT2D eigenvalue weighted by Gasteiger charge is -2.22. The summed E-state index contributed by atoms with van der Waals surface area (Å²) in [7, 11) is 0. The molecule has 23 heavy (non-hydrogen) atoms. The van der Waals surface area contributed by atoms with Gasteiger partial charge in [0.2, 0.25) is 0 Å². The van der Waals surface area contributed by atoms with Crippen LogP contribution in [0.3, 0.4) is 0 Å². The van der Waals surface area contributed by atoms with E-state index in [0.29, 0.717) is 12.6 Å². The van der Waals surface area contributed by atoms with Crippen LogP contribution < -0.4 is 10.1 Å². The summed E-state index contributed by atoms with van der Waals surface area (Å²) < 4.78 is 5.62. The topological polar surface area (TPSA) is 41.6 Å². The lowest BCUT2D eigenvalue weighted by molar-refractivity contribution is -0.123. The van der Waals surface area contributed by atoms with E-state index < -0.39 is 0 Å². The molecule has 1 heterocycles. The van der Waals surface area contributed by atoms with Crippen LogP contribution in [0.4, 0.5) is 0 Å². The monoisotopic (exact) mass is 312 g/mol. The number of hydrogen-bond donors (Lipinski definition) is 1. The van der Waals surface area contributed by atoms with Crippen molar-refractivity contribution in [2.24, 2.45) is 0 Å². The Kier molecular flexibility index (Phi) is 5.13. The van der Waals surface area contributed by atoms with E-state index in [1.165, 1.54) is 18.2 Å². The van der Waals surface area contributed by atoms with E-state index in [0.717, 1.165) is 24.2 Å². The predicted molar refractivity (Wildman–Crippen MR) is 92.7 cm³/mol. The van der Waals surface area contributed by atoms with E-state index >= 15 is 0 Å². The zero-order chi connectivity index (χ0) is 16.1. The molecule has 3 rings (SSSR count). The van der Waals surface area contributed by atoms with Crippen LogP contribution in [0, 0.1) is 0 Å². The molecule has 4 nitrogen and oxygen atoms in total. The molecule has 0 spiro atoms. The number of fused-ring (bicyclic) bond motifs is 1. The molecule has 1 atom stereocenters. The number of carbonyl (C=O) groups is 1. The number of likely N-dealkylation sites (tertiary alicyclic amines) is 1. The van der Waals surface area contributed by atoms with Crippen molar-refractivity contribution in [3.8, 4) is 5.75 Å². The highest BCUT2D eigenvalue weighted by atomic mass is 16.5. The summed E-state index contributed by atoms with van der Waals surface area (Å²) in [5, 5.41) is 5.28. The van der Waals surface area contributed by atoms with Crippen LogP contribution in [0.1, 0.15) is 19.8 Å². The van der Waals surface area contributed by atoms with Gasteiger partial charge in [0.1, 0.15) is 5.75 Å². The van der Waals surface area contributed by atoms with Gasteiger partial charge >= 0.3 is 0 Å². The number of rotatable bonds is 6.